The van der Waals surface area contributed by atoms with Crippen LogP contribution in [0.4, 0.5) is 5.88 Å². The van der Waals surface area contributed by atoms with Crippen molar-refractivity contribution in [3.8, 4) is 0 Å². The Balaban J connectivity index is 1.71. The summed E-state index contributed by atoms with van der Waals surface area (Å²) < 4.78 is 6.53. The molecule has 0 aliphatic rings. The summed E-state index contributed by atoms with van der Waals surface area (Å²) >= 11 is 4.97. The van der Waals surface area contributed by atoms with E-state index in [4.69, 9.17) is 4.42 Å². The zero-order chi connectivity index (χ0) is 16.7. The third-order valence-corrected chi connectivity index (χ3v) is 4.32. The number of halogens is 1. The molecule has 5 nitrogen and oxygen atoms in total. The molecule has 1 N–H and O–H groups in total. The number of nitrogens with zero attached hydrogens (tertiary/aromatic N) is 2. The van der Waals surface area contributed by atoms with Gasteiger partial charge in [0.25, 0.3) is 0 Å². The van der Waals surface area contributed by atoms with Crippen molar-refractivity contribution < 1.29 is 9.21 Å². The summed E-state index contributed by atoms with van der Waals surface area (Å²) in [7, 11) is 3.79. The molecule has 1 aromatic carbocycles. The van der Waals surface area contributed by atoms with Gasteiger partial charge in [0.05, 0.1) is 12.0 Å². The molecule has 2 aromatic rings. The van der Waals surface area contributed by atoms with Crippen molar-refractivity contribution in [3.05, 3.63) is 52.2 Å². The van der Waals surface area contributed by atoms with E-state index in [0.29, 0.717) is 11.5 Å². The minimum atomic E-state index is -0.138. The lowest BCUT2D eigenvalue weighted by atomic mass is 10.2. The van der Waals surface area contributed by atoms with Gasteiger partial charge < -0.3 is 9.32 Å². The second-order valence-corrected chi connectivity index (χ2v) is 6.89. The second kappa shape index (κ2) is 8.79. The summed E-state index contributed by atoms with van der Waals surface area (Å²) in [5.41, 5.74) is 3.67. The number of hydrogen-bond donors (Lipinski definition) is 1. The first-order valence-corrected chi connectivity index (χ1v) is 8.90. The van der Waals surface area contributed by atoms with Crippen molar-refractivity contribution in [2.75, 3.05) is 24.7 Å². The fraction of sp³-hybridized carbons (Fsp3) is 0.250. The van der Waals surface area contributed by atoms with E-state index >= 15 is 0 Å². The maximum atomic E-state index is 11.7. The summed E-state index contributed by atoms with van der Waals surface area (Å²) in [5.74, 6) is 2.32. The van der Waals surface area contributed by atoms with Gasteiger partial charge in [0, 0.05) is 30.4 Å². The molecule has 0 bridgehead atoms. The Morgan fingerprint density at radius 2 is 2.22 bits per heavy atom. The Labute approximate surface area is 148 Å². The summed E-state index contributed by atoms with van der Waals surface area (Å²) in [6.07, 6.45) is 1.49. The summed E-state index contributed by atoms with van der Waals surface area (Å²) in [6.45, 7) is 0. The number of furan rings is 1. The summed E-state index contributed by atoms with van der Waals surface area (Å²) in [6, 6.07) is 11.7. The normalized spacial score (nSPS) is 10.9. The highest BCUT2D eigenvalue weighted by Crippen LogP contribution is 2.17. The van der Waals surface area contributed by atoms with E-state index in [1.165, 1.54) is 11.8 Å². The molecule has 1 amide bonds. The zero-order valence-corrected chi connectivity index (χ0v) is 15.4. The van der Waals surface area contributed by atoms with Crippen LogP contribution in [0.25, 0.3) is 0 Å². The predicted octanol–water partition coefficient (Wildman–Crippen LogP) is 3.49. The number of nitrogens with one attached hydrogen (secondary N) is 1. The molecule has 1 aromatic heterocycles. The van der Waals surface area contributed by atoms with Crippen LogP contribution in [-0.4, -0.2) is 32.0 Å². The van der Waals surface area contributed by atoms with Crippen molar-refractivity contribution in [1.29, 1.82) is 0 Å². The standard InChI is InChI=1S/C16H18BrN3O2S/c1-20(2)16-7-6-14(22-16)9-18-19-15(21)11-23-10-12-4-3-5-13(17)8-12/h3-9H,10-11H2,1-2H3,(H,19,21)/b18-9-. The van der Waals surface area contributed by atoms with Gasteiger partial charge in [0.15, 0.2) is 5.88 Å². The van der Waals surface area contributed by atoms with Crippen LogP contribution < -0.4 is 10.3 Å². The highest BCUT2D eigenvalue weighted by molar-refractivity contribution is 9.10. The maximum absolute atomic E-state index is 11.7. The van der Waals surface area contributed by atoms with Crippen LogP contribution in [0.5, 0.6) is 0 Å². The molecule has 1 heterocycles. The molecule has 0 fully saturated rings. The number of anilines is 1. The number of hydrazone groups is 1. The number of carbonyl (C=O) groups is 1. The van der Waals surface area contributed by atoms with E-state index in [1.54, 1.807) is 17.8 Å². The number of hydrogen-bond acceptors (Lipinski definition) is 5. The van der Waals surface area contributed by atoms with Gasteiger partial charge in [-0.25, -0.2) is 5.43 Å². The molecule has 2 rings (SSSR count). The number of thioether (sulfide) groups is 1. The minimum Gasteiger partial charge on any atom is -0.440 e. The highest BCUT2D eigenvalue weighted by Gasteiger charge is 2.03. The first kappa shape index (κ1) is 17.6. The third-order valence-electron chi connectivity index (χ3n) is 2.83. The summed E-state index contributed by atoms with van der Waals surface area (Å²) in [4.78, 5) is 13.6. The molecule has 122 valence electrons. The molecule has 0 unspecified atom stereocenters. The van der Waals surface area contributed by atoms with E-state index in [1.807, 2.05) is 49.3 Å². The number of benzene rings is 1. The average molecular weight is 396 g/mol. The molecular weight excluding hydrogens is 378 g/mol. The van der Waals surface area contributed by atoms with Crippen LogP contribution >= 0.6 is 27.7 Å². The lowest BCUT2D eigenvalue weighted by Crippen LogP contribution is -2.19. The van der Waals surface area contributed by atoms with Crippen LogP contribution in [0, 0.1) is 0 Å². The molecule has 0 spiro atoms. The van der Waals surface area contributed by atoms with Crippen molar-refractivity contribution in [2.24, 2.45) is 5.10 Å². The van der Waals surface area contributed by atoms with Crippen molar-refractivity contribution in [1.82, 2.24) is 5.43 Å². The molecule has 0 saturated heterocycles. The lowest BCUT2D eigenvalue weighted by molar-refractivity contribution is -0.118. The van der Waals surface area contributed by atoms with Gasteiger partial charge in [-0.3, -0.25) is 4.79 Å². The quantitative estimate of drug-likeness (QED) is 0.575. The largest absolute Gasteiger partial charge is 0.440 e. The topological polar surface area (TPSA) is 57.8 Å². The van der Waals surface area contributed by atoms with E-state index < -0.39 is 0 Å². The van der Waals surface area contributed by atoms with Crippen molar-refractivity contribution in [2.45, 2.75) is 5.75 Å². The number of amides is 1. The van der Waals surface area contributed by atoms with Crippen molar-refractivity contribution >= 4 is 45.7 Å². The SMILES string of the molecule is CN(C)c1ccc(/C=N\NC(=O)CSCc2cccc(Br)c2)o1. The fourth-order valence-electron chi connectivity index (χ4n) is 1.74. The highest BCUT2D eigenvalue weighted by atomic mass is 79.9. The smallest absolute Gasteiger partial charge is 0.250 e. The van der Waals surface area contributed by atoms with Crippen molar-refractivity contribution in [3.63, 3.8) is 0 Å². The van der Waals surface area contributed by atoms with Gasteiger partial charge in [0.2, 0.25) is 5.91 Å². The zero-order valence-electron chi connectivity index (χ0n) is 13.0. The van der Waals surface area contributed by atoms with E-state index in [9.17, 15) is 4.79 Å². The molecule has 7 heteroatoms. The minimum absolute atomic E-state index is 0.138. The fourth-order valence-corrected chi connectivity index (χ4v) is 2.95. The van der Waals surface area contributed by atoms with E-state index in [0.717, 1.165) is 16.1 Å². The van der Waals surface area contributed by atoms with E-state index in [-0.39, 0.29) is 5.91 Å². The molecule has 0 aliphatic carbocycles. The Hall–Kier alpha value is -1.73. The Kier molecular flexibility index (Phi) is 6.73. The van der Waals surface area contributed by atoms with Crippen LogP contribution in [0.1, 0.15) is 11.3 Å². The number of rotatable bonds is 7. The predicted molar refractivity (Wildman–Crippen MR) is 99.1 cm³/mol. The first-order chi connectivity index (χ1) is 11.0. The second-order valence-electron chi connectivity index (χ2n) is 4.99. The molecule has 0 atom stereocenters. The van der Waals surface area contributed by atoms with Gasteiger partial charge in [-0.2, -0.15) is 5.10 Å². The third kappa shape index (κ3) is 6.11. The Bertz CT molecular complexity index is 685. The van der Waals surface area contributed by atoms with Crippen LogP contribution in [0.15, 0.2) is 50.4 Å². The monoisotopic (exact) mass is 395 g/mol. The molecular formula is C16H18BrN3O2S. The van der Waals surface area contributed by atoms with Crippen LogP contribution in [0.3, 0.4) is 0 Å². The Morgan fingerprint density at radius 3 is 2.91 bits per heavy atom. The first-order valence-electron chi connectivity index (χ1n) is 6.96. The lowest BCUT2D eigenvalue weighted by Gasteiger charge is -2.05. The maximum Gasteiger partial charge on any atom is 0.250 e. The average Bonchev–Trinajstić information content (AvgIpc) is 2.96. The molecule has 0 radical (unpaired) electrons. The van der Waals surface area contributed by atoms with Gasteiger partial charge in [0.1, 0.15) is 5.76 Å². The Morgan fingerprint density at radius 1 is 1.39 bits per heavy atom. The molecule has 23 heavy (non-hydrogen) atoms. The van der Waals surface area contributed by atoms with Crippen LogP contribution in [0.2, 0.25) is 0 Å². The van der Waals surface area contributed by atoms with Gasteiger partial charge >= 0.3 is 0 Å². The van der Waals surface area contributed by atoms with Crippen LogP contribution in [-0.2, 0) is 10.5 Å². The molecule has 0 aliphatic heterocycles. The van der Waals surface area contributed by atoms with E-state index in [2.05, 4.69) is 26.5 Å². The van der Waals surface area contributed by atoms with Gasteiger partial charge in [-0.1, -0.05) is 28.1 Å². The van der Waals surface area contributed by atoms with Gasteiger partial charge in [-0.15, -0.1) is 11.8 Å². The number of carbonyl (C=O) groups excluding carboxylic acids is 1. The molecule has 0 saturated carbocycles. The van der Waals surface area contributed by atoms with Gasteiger partial charge in [-0.05, 0) is 23.8 Å². The summed E-state index contributed by atoms with van der Waals surface area (Å²) in [5, 5.41) is 3.90.